The first-order chi connectivity index (χ1) is 10.1. The van der Waals surface area contributed by atoms with Crippen LogP contribution in [0.1, 0.15) is 49.8 Å². The fourth-order valence-electron chi connectivity index (χ4n) is 2.65. The van der Waals surface area contributed by atoms with E-state index in [9.17, 15) is 4.79 Å². The van der Waals surface area contributed by atoms with Gasteiger partial charge in [-0.3, -0.25) is 4.79 Å². The van der Waals surface area contributed by atoms with Gasteiger partial charge in [-0.1, -0.05) is 13.3 Å². The molecule has 1 aromatic rings. The molecule has 0 amide bonds. The van der Waals surface area contributed by atoms with Crippen molar-refractivity contribution in [3.63, 3.8) is 0 Å². The first-order valence-corrected chi connectivity index (χ1v) is 7.58. The molecule has 1 unspecified atom stereocenters. The molecule has 0 fully saturated rings. The molecule has 0 N–H and O–H groups in total. The van der Waals surface area contributed by atoms with E-state index in [2.05, 4.69) is 6.92 Å². The third-order valence-electron chi connectivity index (χ3n) is 3.86. The number of hydrogen-bond donors (Lipinski definition) is 0. The summed E-state index contributed by atoms with van der Waals surface area (Å²) in [6.07, 6.45) is 3.27. The van der Waals surface area contributed by atoms with Gasteiger partial charge < -0.3 is 14.2 Å². The second kappa shape index (κ2) is 6.94. The molecule has 0 radical (unpaired) electrons. The van der Waals surface area contributed by atoms with Crippen molar-refractivity contribution in [2.75, 3.05) is 7.11 Å². The normalized spacial score (nSPS) is 17.2. The van der Waals surface area contributed by atoms with Crippen molar-refractivity contribution < 1.29 is 19.0 Å². The van der Waals surface area contributed by atoms with Gasteiger partial charge in [0, 0.05) is 17.5 Å². The molecule has 4 heteroatoms. The second-order valence-electron chi connectivity index (χ2n) is 5.57. The predicted molar refractivity (Wildman–Crippen MR) is 80.8 cm³/mol. The number of ether oxygens (including phenoxy) is 3. The SMILES string of the molecule is CCCCC(=O)Oc1cc2c(c(OC)c1C)COC(C)C2. The van der Waals surface area contributed by atoms with Crippen LogP contribution in [0.15, 0.2) is 6.07 Å². The maximum atomic E-state index is 11.9. The molecule has 0 aliphatic carbocycles. The Labute approximate surface area is 126 Å². The number of rotatable bonds is 5. The van der Waals surface area contributed by atoms with Gasteiger partial charge in [-0.05, 0) is 38.3 Å². The zero-order valence-corrected chi connectivity index (χ0v) is 13.3. The van der Waals surface area contributed by atoms with E-state index in [0.717, 1.165) is 41.7 Å². The Balaban J connectivity index is 2.29. The van der Waals surface area contributed by atoms with Gasteiger partial charge in [0.2, 0.25) is 0 Å². The average Bonchev–Trinajstić information content (AvgIpc) is 2.46. The Morgan fingerprint density at radius 3 is 2.90 bits per heavy atom. The summed E-state index contributed by atoms with van der Waals surface area (Å²) in [5, 5.41) is 0. The van der Waals surface area contributed by atoms with Crippen molar-refractivity contribution in [3.05, 3.63) is 22.8 Å². The Morgan fingerprint density at radius 1 is 1.48 bits per heavy atom. The summed E-state index contributed by atoms with van der Waals surface area (Å²) in [4.78, 5) is 11.9. The van der Waals surface area contributed by atoms with E-state index in [1.54, 1.807) is 7.11 Å². The molecule has 1 heterocycles. The highest BCUT2D eigenvalue weighted by Gasteiger charge is 2.24. The fourth-order valence-corrected chi connectivity index (χ4v) is 2.65. The summed E-state index contributed by atoms with van der Waals surface area (Å²) in [5.74, 6) is 1.21. The first kappa shape index (κ1) is 15.8. The number of methoxy groups -OCH3 is 1. The summed E-state index contributed by atoms with van der Waals surface area (Å²) >= 11 is 0. The topological polar surface area (TPSA) is 44.8 Å². The summed E-state index contributed by atoms with van der Waals surface area (Å²) in [7, 11) is 1.64. The molecule has 0 saturated heterocycles. The molecule has 2 rings (SSSR count). The van der Waals surface area contributed by atoms with Gasteiger partial charge in [-0.15, -0.1) is 0 Å². The van der Waals surface area contributed by atoms with Crippen LogP contribution in [0.3, 0.4) is 0 Å². The lowest BCUT2D eigenvalue weighted by Gasteiger charge is -2.26. The molecule has 0 bridgehead atoms. The minimum absolute atomic E-state index is 0.175. The molecule has 116 valence electrons. The second-order valence-corrected chi connectivity index (χ2v) is 5.57. The largest absolute Gasteiger partial charge is 0.496 e. The highest BCUT2D eigenvalue weighted by molar-refractivity contribution is 5.73. The number of hydrogen-bond acceptors (Lipinski definition) is 4. The van der Waals surface area contributed by atoms with Crippen molar-refractivity contribution in [1.29, 1.82) is 0 Å². The summed E-state index contributed by atoms with van der Waals surface area (Å²) in [6, 6.07) is 1.97. The minimum Gasteiger partial charge on any atom is -0.496 e. The van der Waals surface area contributed by atoms with Crippen LogP contribution >= 0.6 is 0 Å². The summed E-state index contributed by atoms with van der Waals surface area (Å²) in [6.45, 7) is 6.56. The zero-order chi connectivity index (χ0) is 15.4. The number of carbonyl (C=O) groups is 1. The number of unbranched alkanes of at least 4 members (excludes halogenated alkanes) is 1. The van der Waals surface area contributed by atoms with Crippen molar-refractivity contribution in [1.82, 2.24) is 0 Å². The van der Waals surface area contributed by atoms with Gasteiger partial charge in [-0.2, -0.15) is 0 Å². The van der Waals surface area contributed by atoms with Crippen LogP contribution in [0.2, 0.25) is 0 Å². The molecule has 0 aromatic heterocycles. The Hall–Kier alpha value is -1.55. The van der Waals surface area contributed by atoms with E-state index >= 15 is 0 Å². The molecular weight excluding hydrogens is 268 g/mol. The molecule has 1 aromatic carbocycles. The van der Waals surface area contributed by atoms with E-state index in [1.165, 1.54) is 0 Å². The number of benzene rings is 1. The molecule has 21 heavy (non-hydrogen) atoms. The smallest absolute Gasteiger partial charge is 0.311 e. The highest BCUT2D eigenvalue weighted by atomic mass is 16.5. The lowest BCUT2D eigenvalue weighted by atomic mass is 9.95. The highest BCUT2D eigenvalue weighted by Crippen LogP contribution is 2.38. The van der Waals surface area contributed by atoms with E-state index in [1.807, 2.05) is 19.9 Å². The van der Waals surface area contributed by atoms with Crippen LogP contribution in [0, 0.1) is 6.92 Å². The average molecular weight is 292 g/mol. The molecule has 1 aliphatic rings. The minimum atomic E-state index is -0.179. The Morgan fingerprint density at radius 2 is 2.24 bits per heavy atom. The molecule has 0 spiro atoms. The molecule has 0 saturated carbocycles. The summed E-state index contributed by atoms with van der Waals surface area (Å²) in [5.41, 5.74) is 3.08. The quantitative estimate of drug-likeness (QED) is 0.615. The van der Waals surface area contributed by atoms with Gasteiger partial charge in [0.15, 0.2) is 0 Å². The van der Waals surface area contributed by atoms with Crippen LogP contribution in [-0.4, -0.2) is 19.2 Å². The maximum absolute atomic E-state index is 11.9. The molecule has 1 atom stereocenters. The maximum Gasteiger partial charge on any atom is 0.311 e. The van der Waals surface area contributed by atoms with Gasteiger partial charge in [0.25, 0.3) is 0 Å². The van der Waals surface area contributed by atoms with E-state index in [0.29, 0.717) is 18.8 Å². The lowest BCUT2D eigenvalue weighted by molar-refractivity contribution is -0.134. The van der Waals surface area contributed by atoms with Crippen LogP contribution in [0.4, 0.5) is 0 Å². The van der Waals surface area contributed by atoms with Crippen LogP contribution < -0.4 is 9.47 Å². The van der Waals surface area contributed by atoms with Crippen molar-refractivity contribution in [3.8, 4) is 11.5 Å². The Kier molecular flexibility index (Phi) is 5.23. The zero-order valence-electron chi connectivity index (χ0n) is 13.3. The molecule has 1 aliphatic heterocycles. The first-order valence-electron chi connectivity index (χ1n) is 7.58. The monoisotopic (exact) mass is 292 g/mol. The lowest BCUT2D eigenvalue weighted by Crippen LogP contribution is -2.20. The molecule has 4 nitrogen and oxygen atoms in total. The standard InChI is InChI=1S/C17H24O4/c1-5-6-7-16(18)21-15-9-13-8-11(2)20-10-14(13)17(19-4)12(15)3/h9,11H,5-8,10H2,1-4H3. The number of carbonyl (C=O) groups excluding carboxylic acids is 1. The van der Waals surface area contributed by atoms with Crippen LogP contribution in [0.5, 0.6) is 11.5 Å². The third-order valence-corrected chi connectivity index (χ3v) is 3.86. The molecular formula is C17H24O4. The fraction of sp³-hybridized carbons (Fsp3) is 0.588. The predicted octanol–water partition coefficient (Wildman–Crippen LogP) is 3.56. The Bertz CT molecular complexity index is 522. The number of esters is 1. The van der Waals surface area contributed by atoms with Crippen molar-refractivity contribution in [2.24, 2.45) is 0 Å². The summed E-state index contributed by atoms with van der Waals surface area (Å²) < 4.78 is 16.7. The van der Waals surface area contributed by atoms with Crippen molar-refractivity contribution in [2.45, 2.75) is 59.2 Å². The van der Waals surface area contributed by atoms with Gasteiger partial charge in [0.05, 0.1) is 19.8 Å². The van der Waals surface area contributed by atoms with Crippen LogP contribution in [-0.2, 0) is 22.6 Å². The van der Waals surface area contributed by atoms with E-state index < -0.39 is 0 Å². The third kappa shape index (κ3) is 3.56. The van der Waals surface area contributed by atoms with Crippen molar-refractivity contribution >= 4 is 5.97 Å². The van der Waals surface area contributed by atoms with Gasteiger partial charge >= 0.3 is 5.97 Å². The van der Waals surface area contributed by atoms with Gasteiger partial charge in [-0.25, -0.2) is 0 Å². The van der Waals surface area contributed by atoms with Gasteiger partial charge in [0.1, 0.15) is 11.5 Å². The van der Waals surface area contributed by atoms with Crippen LogP contribution in [0.25, 0.3) is 0 Å². The van der Waals surface area contributed by atoms with E-state index in [-0.39, 0.29) is 12.1 Å². The van der Waals surface area contributed by atoms with E-state index in [4.69, 9.17) is 14.2 Å². The number of fused-ring (bicyclic) bond motifs is 1.